The molecule has 0 radical (unpaired) electrons. The van der Waals surface area contributed by atoms with Gasteiger partial charge in [-0.25, -0.2) is 17.8 Å². The molecule has 3 aromatic rings. The number of benzene rings is 1. The smallest absolute Gasteiger partial charge is 0.318 e. The highest BCUT2D eigenvalue weighted by Gasteiger charge is 2.38. The Labute approximate surface area is 250 Å². The van der Waals surface area contributed by atoms with Gasteiger partial charge in [0, 0.05) is 35.6 Å². The number of imidazole rings is 1. The fourth-order valence-electron chi connectivity index (χ4n) is 4.71. The van der Waals surface area contributed by atoms with Crippen molar-refractivity contribution in [2.24, 2.45) is 5.73 Å². The van der Waals surface area contributed by atoms with Crippen LogP contribution in [0.3, 0.4) is 0 Å². The standard InChI is InChI=1S/C26H28ClFN6O6S2/c1-16(21-6-7-22(27)41-21)14-42(38,39)31-19-8-10-33(25(19)37)20-5-4-17(12-18(20)28)32-11-9-30-23(32)13-34(2,3)26(24(29)36)40-15-35/h4-7,9,11-12,14-15,19,26,31H,8,10,13H2,1-3H3,(H-,29,36)/p+1/b16-14-/t19-,26?/m0/s1. The van der Waals surface area contributed by atoms with Crippen LogP contribution in [0.2, 0.25) is 4.34 Å². The van der Waals surface area contributed by atoms with E-state index < -0.39 is 39.9 Å². The number of amides is 2. The van der Waals surface area contributed by atoms with E-state index >= 15 is 4.39 Å². The summed E-state index contributed by atoms with van der Waals surface area (Å²) in [6, 6.07) is 6.54. The Balaban J connectivity index is 1.50. The minimum absolute atomic E-state index is 0.00338. The van der Waals surface area contributed by atoms with Gasteiger partial charge in [-0.2, -0.15) is 4.72 Å². The maximum absolute atomic E-state index is 15.4. The summed E-state index contributed by atoms with van der Waals surface area (Å²) in [6.45, 7) is 1.97. The zero-order valence-corrected chi connectivity index (χ0v) is 25.2. The average Bonchev–Trinajstić information content (AvgIpc) is 3.62. The lowest BCUT2D eigenvalue weighted by atomic mass is 10.2. The van der Waals surface area contributed by atoms with Crippen molar-refractivity contribution in [3.8, 4) is 5.69 Å². The number of rotatable bonds is 12. The van der Waals surface area contributed by atoms with E-state index in [1.54, 1.807) is 50.0 Å². The number of ether oxygens (including phenoxy) is 1. The molecule has 2 aromatic heterocycles. The number of primary amides is 1. The van der Waals surface area contributed by atoms with Gasteiger partial charge in [0.05, 0.1) is 29.5 Å². The molecular formula is C26H29ClFN6O6S2+. The number of hydrogen-bond acceptors (Lipinski definition) is 8. The lowest BCUT2D eigenvalue weighted by Gasteiger charge is -2.33. The molecule has 1 unspecified atom stereocenters. The molecular weight excluding hydrogens is 611 g/mol. The number of nitrogens with one attached hydrogen (secondary N) is 1. The molecule has 1 fully saturated rings. The van der Waals surface area contributed by atoms with Gasteiger partial charge in [0.15, 0.2) is 5.82 Å². The van der Waals surface area contributed by atoms with E-state index in [1.807, 2.05) is 0 Å². The monoisotopic (exact) mass is 639 g/mol. The number of thiophene rings is 1. The van der Waals surface area contributed by atoms with Gasteiger partial charge < -0.3 is 15.4 Å². The molecule has 0 saturated carbocycles. The highest BCUT2D eigenvalue weighted by Crippen LogP contribution is 2.30. The minimum Gasteiger partial charge on any atom is -0.405 e. The normalized spacial score (nSPS) is 17.0. The van der Waals surface area contributed by atoms with E-state index in [9.17, 15) is 22.8 Å². The quantitative estimate of drug-likeness (QED) is 0.175. The molecule has 12 nitrogen and oxygen atoms in total. The summed E-state index contributed by atoms with van der Waals surface area (Å²) in [6.07, 6.45) is 1.96. The van der Waals surface area contributed by atoms with E-state index in [0.717, 1.165) is 5.41 Å². The lowest BCUT2D eigenvalue weighted by Crippen LogP contribution is -2.56. The summed E-state index contributed by atoms with van der Waals surface area (Å²) in [5, 5.41) is 1.04. The third kappa shape index (κ3) is 6.87. The van der Waals surface area contributed by atoms with Crippen LogP contribution in [0.15, 0.2) is 48.1 Å². The molecule has 42 heavy (non-hydrogen) atoms. The lowest BCUT2D eigenvalue weighted by molar-refractivity contribution is -0.937. The van der Waals surface area contributed by atoms with E-state index in [4.69, 9.17) is 22.1 Å². The van der Waals surface area contributed by atoms with Gasteiger partial charge in [0.2, 0.25) is 15.9 Å². The number of quaternary nitrogens is 1. The molecule has 16 heteroatoms. The van der Waals surface area contributed by atoms with Crippen molar-refractivity contribution in [2.75, 3.05) is 25.5 Å². The Kier molecular flexibility index (Phi) is 9.18. The van der Waals surface area contributed by atoms with E-state index in [2.05, 4.69) is 9.71 Å². The Hall–Kier alpha value is -3.63. The SMILES string of the molecule is C/C(=C/S(=O)(=O)N[C@H]1CCN(c2ccc(-n3ccnc3C[N+](C)(C)C(OC=O)C(N)=O)cc2F)C1=O)c1ccc(Cl)s1. The average molecular weight is 640 g/mol. The van der Waals surface area contributed by atoms with Crippen LogP contribution in [0.4, 0.5) is 10.1 Å². The molecule has 4 rings (SSSR count). The van der Waals surface area contributed by atoms with Gasteiger partial charge >= 0.3 is 12.1 Å². The topological polar surface area (TPSA) is 154 Å². The molecule has 2 amide bonds. The number of carbonyl (C=O) groups excluding carboxylic acids is 3. The number of nitrogens with two attached hydrogens (primary N) is 1. The van der Waals surface area contributed by atoms with Crippen molar-refractivity contribution in [1.29, 1.82) is 0 Å². The number of likely N-dealkylation sites (N-methyl/N-ethyl adjacent to an activating group) is 1. The number of aromatic nitrogens is 2. The van der Waals surface area contributed by atoms with Crippen LogP contribution < -0.4 is 15.4 Å². The van der Waals surface area contributed by atoms with Crippen molar-refractivity contribution in [1.82, 2.24) is 14.3 Å². The minimum atomic E-state index is -3.98. The van der Waals surface area contributed by atoms with Crippen LogP contribution in [-0.2, 0) is 35.7 Å². The Morgan fingerprint density at radius 3 is 2.71 bits per heavy atom. The highest BCUT2D eigenvalue weighted by molar-refractivity contribution is 7.92. The summed E-state index contributed by atoms with van der Waals surface area (Å²) in [5.74, 6) is -1.70. The zero-order valence-electron chi connectivity index (χ0n) is 22.9. The first-order valence-corrected chi connectivity index (χ1v) is 15.3. The maximum atomic E-state index is 15.4. The fraction of sp³-hybridized carbons (Fsp3) is 0.308. The van der Waals surface area contributed by atoms with Crippen LogP contribution in [0.1, 0.15) is 24.0 Å². The molecule has 2 atom stereocenters. The van der Waals surface area contributed by atoms with E-state index in [1.165, 1.54) is 34.6 Å². The molecule has 1 aromatic carbocycles. The second kappa shape index (κ2) is 12.3. The third-order valence-electron chi connectivity index (χ3n) is 6.64. The zero-order chi connectivity index (χ0) is 30.8. The molecule has 3 N–H and O–H groups in total. The Morgan fingerprint density at radius 2 is 2.10 bits per heavy atom. The van der Waals surface area contributed by atoms with Crippen molar-refractivity contribution in [2.45, 2.75) is 32.2 Å². The van der Waals surface area contributed by atoms with Gasteiger partial charge in [-0.15, -0.1) is 11.3 Å². The largest absolute Gasteiger partial charge is 0.405 e. The van der Waals surface area contributed by atoms with E-state index in [0.29, 0.717) is 26.3 Å². The molecule has 0 bridgehead atoms. The third-order valence-corrected chi connectivity index (χ3v) is 9.28. The molecule has 3 heterocycles. The predicted molar refractivity (Wildman–Crippen MR) is 155 cm³/mol. The Morgan fingerprint density at radius 1 is 1.36 bits per heavy atom. The van der Waals surface area contributed by atoms with Gasteiger partial charge in [0.25, 0.3) is 6.47 Å². The van der Waals surface area contributed by atoms with Crippen LogP contribution >= 0.6 is 22.9 Å². The number of allylic oxidation sites excluding steroid dienone is 1. The van der Waals surface area contributed by atoms with Gasteiger partial charge in [-0.1, -0.05) is 11.6 Å². The molecule has 224 valence electrons. The van der Waals surface area contributed by atoms with Crippen molar-refractivity contribution in [3.63, 3.8) is 0 Å². The number of halogens is 2. The summed E-state index contributed by atoms with van der Waals surface area (Å²) in [5.41, 5.74) is 6.24. The number of hydrogen-bond donors (Lipinski definition) is 2. The summed E-state index contributed by atoms with van der Waals surface area (Å²) in [7, 11) is -0.732. The van der Waals surface area contributed by atoms with Gasteiger partial charge in [0.1, 0.15) is 18.4 Å². The van der Waals surface area contributed by atoms with Crippen molar-refractivity contribution in [3.05, 3.63) is 69.0 Å². The van der Waals surface area contributed by atoms with Crippen LogP contribution in [0.25, 0.3) is 11.3 Å². The molecule has 1 aliphatic rings. The summed E-state index contributed by atoms with van der Waals surface area (Å²) >= 11 is 7.16. The first kappa shape index (κ1) is 31.3. The van der Waals surface area contributed by atoms with Gasteiger partial charge in [-0.3, -0.25) is 23.4 Å². The first-order chi connectivity index (χ1) is 19.7. The second-order valence-electron chi connectivity index (χ2n) is 10.2. The van der Waals surface area contributed by atoms with E-state index in [-0.39, 0.29) is 36.2 Å². The maximum Gasteiger partial charge on any atom is 0.318 e. The highest BCUT2D eigenvalue weighted by atomic mass is 35.5. The van der Waals surface area contributed by atoms with Gasteiger partial charge in [-0.05, 0) is 43.2 Å². The summed E-state index contributed by atoms with van der Waals surface area (Å²) < 4.78 is 50.1. The number of nitrogens with zero attached hydrogens (tertiary/aromatic N) is 4. The molecule has 1 saturated heterocycles. The van der Waals surface area contributed by atoms with Crippen LogP contribution in [0, 0.1) is 5.82 Å². The molecule has 0 aliphatic carbocycles. The molecule has 1 aliphatic heterocycles. The van der Waals surface area contributed by atoms with Crippen LogP contribution in [0.5, 0.6) is 0 Å². The number of carbonyl (C=O) groups is 3. The Bertz CT molecular complexity index is 1650. The predicted octanol–water partition coefficient (Wildman–Crippen LogP) is 2.37. The second-order valence-corrected chi connectivity index (χ2v) is 13.4. The molecule has 0 spiro atoms. The van der Waals surface area contributed by atoms with Crippen molar-refractivity contribution < 1.29 is 36.4 Å². The first-order valence-electron chi connectivity index (χ1n) is 12.5. The number of sulfonamides is 1. The fourth-order valence-corrected chi connectivity index (χ4v) is 7.07. The van der Waals surface area contributed by atoms with Crippen molar-refractivity contribution >= 4 is 62.5 Å². The van der Waals surface area contributed by atoms with Crippen LogP contribution in [-0.4, -0.2) is 73.6 Å². The number of anilines is 1. The summed E-state index contributed by atoms with van der Waals surface area (Å²) in [4.78, 5) is 42.0.